The smallest absolute Gasteiger partial charge is 0.227 e. The lowest BCUT2D eigenvalue weighted by Crippen LogP contribution is -2.39. The van der Waals surface area contributed by atoms with Gasteiger partial charge in [-0.1, -0.05) is 67.8 Å². The van der Waals surface area contributed by atoms with Gasteiger partial charge in [0.25, 0.3) is 0 Å². The first-order valence-corrected chi connectivity index (χ1v) is 14.5. The SMILES string of the molecule is c1ccc(CN2CCC(Nc3nc(NCCOc4ccccc4)c4ncn(C5CCCCC5)c4n3)CC2)cc1. The summed E-state index contributed by atoms with van der Waals surface area (Å²) in [5.41, 5.74) is 3.14. The lowest BCUT2D eigenvalue weighted by atomic mass is 9.95. The van der Waals surface area contributed by atoms with E-state index in [-0.39, 0.29) is 0 Å². The average molecular weight is 526 g/mol. The van der Waals surface area contributed by atoms with Crippen molar-refractivity contribution in [3.05, 3.63) is 72.6 Å². The number of piperidine rings is 1. The van der Waals surface area contributed by atoms with Gasteiger partial charge in [0.2, 0.25) is 5.95 Å². The standard InChI is InChI=1S/C31H39N7O/c1-4-10-24(11-5-1)22-37-19-16-25(17-20-37)34-31-35-29(32-18-21-39-27-14-8-3-9-15-27)28-30(36-31)38(23-33-28)26-12-6-2-7-13-26/h1,3-5,8-11,14-15,23,25-26H,2,6-7,12-13,16-22H2,(H2,32,34,35,36). The number of para-hydroxylation sites is 1. The van der Waals surface area contributed by atoms with Crippen LogP contribution in [0.25, 0.3) is 11.2 Å². The summed E-state index contributed by atoms with van der Waals surface area (Å²) in [4.78, 5) is 17.2. The van der Waals surface area contributed by atoms with Crippen LogP contribution in [-0.4, -0.2) is 56.7 Å². The molecular formula is C31H39N7O. The third-order valence-corrected chi connectivity index (χ3v) is 7.97. The van der Waals surface area contributed by atoms with Gasteiger partial charge in [0.15, 0.2) is 17.0 Å². The number of fused-ring (bicyclic) bond motifs is 1. The number of likely N-dealkylation sites (tertiary alicyclic amines) is 1. The van der Waals surface area contributed by atoms with Gasteiger partial charge >= 0.3 is 0 Å². The molecule has 4 aromatic rings. The number of anilines is 2. The van der Waals surface area contributed by atoms with E-state index >= 15 is 0 Å². The highest BCUT2D eigenvalue weighted by molar-refractivity contribution is 5.84. The van der Waals surface area contributed by atoms with E-state index in [1.54, 1.807) is 0 Å². The van der Waals surface area contributed by atoms with Gasteiger partial charge in [0.1, 0.15) is 12.4 Å². The Bertz CT molecular complexity index is 1310. The Morgan fingerprint density at radius 3 is 2.36 bits per heavy atom. The lowest BCUT2D eigenvalue weighted by molar-refractivity contribution is 0.211. The molecule has 8 nitrogen and oxygen atoms in total. The molecule has 2 fully saturated rings. The molecule has 0 bridgehead atoms. The second kappa shape index (κ2) is 12.5. The van der Waals surface area contributed by atoms with Crippen molar-refractivity contribution in [2.45, 2.75) is 63.6 Å². The first-order chi connectivity index (χ1) is 19.3. The summed E-state index contributed by atoms with van der Waals surface area (Å²) in [7, 11) is 0. The van der Waals surface area contributed by atoms with E-state index in [1.165, 1.54) is 37.7 Å². The minimum Gasteiger partial charge on any atom is -0.492 e. The number of hydrogen-bond acceptors (Lipinski definition) is 7. The highest BCUT2D eigenvalue weighted by Crippen LogP contribution is 2.32. The first-order valence-electron chi connectivity index (χ1n) is 14.5. The molecule has 6 rings (SSSR count). The van der Waals surface area contributed by atoms with Crippen LogP contribution in [0, 0.1) is 0 Å². The number of benzene rings is 2. The number of aromatic nitrogens is 4. The van der Waals surface area contributed by atoms with E-state index < -0.39 is 0 Å². The van der Waals surface area contributed by atoms with Crippen LogP contribution in [0.5, 0.6) is 5.75 Å². The Morgan fingerprint density at radius 1 is 0.846 bits per heavy atom. The fourth-order valence-electron chi connectivity index (χ4n) is 5.85. The summed E-state index contributed by atoms with van der Waals surface area (Å²) in [6.45, 7) is 4.32. The monoisotopic (exact) mass is 525 g/mol. The summed E-state index contributed by atoms with van der Waals surface area (Å²) in [5.74, 6) is 2.33. The molecule has 0 spiro atoms. The van der Waals surface area contributed by atoms with Crippen molar-refractivity contribution in [3.63, 3.8) is 0 Å². The molecule has 2 aromatic carbocycles. The molecule has 3 heterocycles. The predicted octanol–water partition coefficient (Wildman–Crippen LogP) is 5.90. The highest BCUT2D eigenvalue weighted by Gasteiger charge is 2.23. The van der Waals surface area contributed by atoms with Crippen molar-refractivity contribution in [2.24, 2.45) is 0 Å². The van der Waals surface area contributed by atoms with E-state index in [1.807, 2.05) is 36.7 Å². The molecule has 1 saturated heterocycles. The van der Waals surface area contributed by atoms with Gasteiger partial charge in [-0.3, -0.25) is 4.90 Å². The molecule has 2 N–H and O–H groups in total. The molecule has 2 aromatic heterocycles. The maximum atomic E-state index is 5.89. The maximum absolute atomic E-state index is 5.89. The highest BCUT2D eigenvalue weighted by atomic mass is 16.5. The number of rotatable bonds is 10. The number of ether oxygens (including phenoxy) is 1. The topological polar surface area (TPSA) is 80.1 Å². The van der Waals surface area contributed by atoms with Crippen molar-refractivity contribution in [3.8, 4) is 5.75 Å². The molecule has 0 atom stereocenters. The Hall–Kier alpha value is -3.65. The quantitative estimate of drug-likeness (QED) is 0.250. The number of imidazole rings is 1. The van der Waals surface area contributed by atoms with Crippen molar-refractivity contribution in [1.82, 2.24) is 24.4 Å². The zero-order chi connectivity index (χ0) is 26.3. The largest absolute Gasteiger partial charge is 0.492 e. The summed E-state index contributed by atoms with van der Waals surface area (Å²) < 4.78 is 8.18. The van der Waals surface area contributed by atoms with Crippen LogP contribution in [0.4, 0.5) is 11.8 Å². The van der Waals surface area contributed by atoms with Gasteiger partial charge in [-0.15, -0.1) is 0 Å². The second-order valence-electron chi connectivity index (χ2n) is 10.8. The van der Waals surface area contributed by atoms with Crippen LogP contribution < -0.4 is 15.4 Å². The first kappa shape index (κ1) is 25.6. The van der Waals surface area contributed by atoms with Gasteiger partial charge in [-0.2, -0.15) is 9.97 Å². The Balaban J connectivity index is 1.14. The van der Waals surface area contributed by atoms with Crippen molar-refractivity contribution in [1.29, 1.82) is 0 Å². The van der Waals surface area contributed by atoms with E-state index in [0.29, 0.717) is 31.2 Å². The number of nitrogens with one attached hydrogen (secondary N) is 2. The van der Waals surface area contributed by atoms with E-state index in [4.69, 9.17) is 19.7 Å². The zero-order valence-electron chi connectivity index (χ0n) is 22.6. The van der Waals surface area contributed by atoms with Crippen molar-refractivity contribution in [2.75, 3.05) is 36.9 Å². The van der Waals surface area contributed by atoms with Gasteiger partial charge < -0.3 is 19.9 Å². The summed E-state index contributed by atoms with van der Waals surface area (Å²) >= 11 is 0. The van der Waals surface area contributed by atoms with Gasteiger partial charge in [0, 0.05) is 31.7 Å². The molecule has 1 aliphatic heterocycles. The normalized spacial score (nSPS) is 17.3. The van der Waals surface area contributed by atoms with E-state index in [9.17, 15) is 0 Å². The van der Waals surface area contributed by atoms with Gasteiger partial charge in [-0.05, 0) is 43.4 Å². The Labute approximate surface area is 230 Å². The molecule has 39 heavy (non-hydrogen) atoms. The average Bonchev–Trinajstić information content (AvgIpc) is 3.42. The fourth-order valence-corrected chi connectivity index (χ4v) is 5.85. The molecule has 0 amide bonds. The molecule has 1 aliphatic carbocycles. The minimum absolute atomic E-state index is 0.356. The maximum Gasteiger partial charge on any atom is 0.227 e. The summed E-state index contributed by atoms with van der Waals surface area (Å²) in [6.07, 6.45) is 10.3. The lowest BCUT2D eigenvalue weighted by Gasteiger charge is -2.32. The third-order valence-electron chi connectivity index (χ3n) is 7.97. The summed E-state index contributed by atoms with van der Waals surface area (Å²) in [5, 5.41) is 7.16. The molecular weight excluding hydrogens is 486 g/mol. The van der Waals surface area contributed by atoms with Crippen LogP contribution >= 0.6 is 0 Å². The Morgan fingerprint density at radius 2 is 1.59 bits per heavy atom. The van der Waals surface area contributed by atoms with Crippen molar-refractivity contribution >= 4 is 22.9 Å². The number of hydrogen-bond donors (Lipinski definition) is 2. The van der Waals surface area contributed by atoms with E-state index in [2.05, 4.69) is 50.4 Å². The minimum atomic E-state index is 0.356. The molecule has 0 unspecified atom stereocenters. The van der Waals surface area contributed by atoms with Crippen LogP contribution in [0.15, 0.2) is 67.0 Å². The molecule has 8 heteroatoms. The molecule has 204 valence electrons. The number of nitrogens with zero attached hydrogens (tertiary/aromatic N) is 5. The molecule has 1 saturated carbocycles. The third kappa shape index (κ3) is 6.50. The summed E-state index contributed by atoms with van der Waals surface area (Å²) in [6, 6.07) is 21.5. The molecule has 0 radical (unpaired) electrons. The zero-order valence-corrected chi connectivity index (χ0v) is 22.6. The van der Waals surface area contributed by atoms with E-state index in [0.717, 1.165) is 55.2 Å². The second-order valence-corrected chi connectivity index (χ2v) is 10.8. The van der Waals surface area contributed by atoms with Gasteiger partial charge in [-0.25, -0.2) is 4.98 Å². The fraction of sp³-hybridized carbons (Fsp3) is 0.452. The van der Waals surface area contributed by atoms with Crippen LogP contribution in [0.2, 0.25) is 0 Å². The van der Waals surface area contributed by atoms with Gasteiger partial charge in [0.05, 0.1) is 12.9 Å². The Kier molecular flexibility index (Phi) is 8.19. The van der Waals surface area contributed by atoms with Crippen LogP contribution in [0.1, 0.15) is 56.6 Å². The van der Waals surface area contributed by atoms with Crippen LogP contribution in [0.3, 0.4) is 0 Å². The predicted molar refractivity (Wildman–Crippen MR) is 156 cm³/mol. The van der Waals surface area contributed by atoms with Crippen molar-refractivity contribution < 1.29 is 4.74 Å². The van der Waals surface area contributed by atoms with Crippen LogP contribution in [-0.2, 0) is 6.54 Å². The molecule has 2 aliphatic rings.